The van der Waals surface area contributed by atoms with Crippen molar-refractivity contribution in [3.63, 3.8) is 0 Å². The molecule has 1 aromatic heterocycles. The van der Waals surface area contributed by atoms with Crippen molar-refractivity contribution in [3.05, 3.63) is 40.4 Å². The van der Waals surface area contributed by atoms with Gasteiger partial charge >= 0.3 is 5.97 Å². The van der Waals surface area contributed by atoms with Crippen LogP contribution in [0.5, 0.6) is 5.75 Å². The van der Waals surface area contributed by atoms with Crippen LogP contribution in [0.3, 0.4) is 0 Å². The lowest BCUT2D eigenvalue weighted by Crippen LogP contribution is -2.09. The van der Waals surface area contributed by atoms with E-state index in [-0.39, 0.29) is 6.61 Å². The van der Waals surface area contributed by atoms with Crippen molar-refractivity contribution in [3.8, 4) is 5.75 Å². The van der Waals surface area contributed by atoms with Crippen molar-refractivity contribution >= 4 is 24.4 Å². The molecule has 0 fully saturated rings. The van der Waals surface area contributed by atoms with E-state index in [0.717, 1.165) is 11.4 Å². The predicted molar refractivity (Wildman–Crippen MR) is 79.4 cm³/mol. The van der Waals surface area contributed by atoms with E-state index >= 15 is 0 Å². The van der Waals surface area contributed by atoms with Crippen LogP contribution in [0.1, 0.15) is 18.3 Å². The standard InChI is InChI=1S/C13H14N4O3S/c1-2-11-15-16-13(21)17(11)14-7-9-3-5-10(6-4-9)20-8-12(18)19/h3-7H,2,8H2,1H3,(H,16,21)(H,18,19)/b14-7-. The number of nitrogens with one attached hydrogen (secondary N) is 1. The summed E-state index contributed by atoms with van der Waals surface area (Å²) in [6.45, 7) is 1.60. The zero-order valence-corrected chi connectivity index (χ0v) is 12.1. The van der Waals surface area contributed by atoms with Gasteiger partial charge in [-0.1, -0.05) is 6.92 Å². The Labute approximate surface area is 125 Å². The van der Waals surface area contributed by atoms with E-state index in [0.29, 0.717) is 16.9 Å². The second kappa shape index (κ2) is 6.80. The molecule has 0 spiro atoms. The number of benzene rings is 1. The van der Waals surface area contributed by atoms with Gasteiger partial charge in [0.25, 0.3) is 0 Å². The second-order valence-corrected chi connectivity index (χ2v) is 4.49. The lowest BCUT2D eigenvalue weighted by atomic mass is 10.2. The Balaban J connectivity index is 2.09. The highest BCUT2D eigenvalue weighted by Gasteiger charge is 2.02. The molecule has 0 aliphatic rings. The summed E-state index contributed by atoms with van der Waals surface area (Å²) in [6.07, 6.45) is 2.36. The maximum Gasteiger partial charge on any atom is 0.341 e. The molecule has 0 unspecified atom stereocenters. The normalized spacial score (nSPS) is 10.9. The average Bonchev–Trinajstić information content (AvgIpc) is 2.84. The average molecular weight is 306 g/mol. The highest BCUT2D eigenvalue weighted by molar-refractivity contribution is 7.71. The first kappa shape index (κ1) is 14.9. The van der Waals surface area contributed by atoms with Crippen LogP contribution in [0, 0.1) is 4.77 Å². The van der Waals surface area contributed by atoms with Crippen molar-refractivity contribution in [2.45, 2.75) is 13.3 Å². The van der Waals surface area contributed by atoms with Gasteiger partial charge in [-0.15, -0.1) is 0 Å². The lowest BCUT2D eigenvalue weighted by Gasteiger charge is -2.02. The minimum absolute atomic E-state index is 0.364. The molecule has 8 heteroatoms. The summed E-state index contributed by atoms with van der Waals surface area (Å²) >= 11 is 5.09. The Morgan fingerprint density at radius 1 is 1.52 bits per heavy atom. The number of aliphatic carboxylic acids is 1. The van der Waals surface area contributed by atoms with Crippen LogP contribution in [0.2, 0.25) is 0 Å². The molecule has 0 saturated heterocycles. The number of carbonyl (C=O) groups is 1. The van der Waals surface area contributed by atoms with Crippen LogP contribution >= 0.6 is 12.2 Å². The number of aryl methyl sites for hydroxylation is 1. The maximum absolute atomic E-state index is 10.4. The number of ether oxygens (including phenoxy) is 1. The first-order valence-corrected chi connectivity index (χ1v) is 6.66. The third-order valence-electron chi connectivity index (χ3n) is 2.60. The SMILES string of the molecule is CCc1n[nH]c(=S)n1/N=C\c1ccc(OCC(=O)O)cc1. The van der Waals surface area contributed by atoms with Crippen LogP contribution in [-0.4, -0.2) is 38.8 Å². The topological polar surface area (TPSA) is 92.5 Å². The van der Waals surface area contributed by atoms with Crippen molar-refractivity contribution in [1.82, 2.24) is 14.9 Å². The number of carboxylic acid groups (broad SMARTS) is 1. The number of aromatic amines is 1. The van der Waals surface area contributed by atoms with Crippen LogP contribution < -0.4 is 4.74 Å². The molecule has 0 saturated carbocycles. The highest BCUT2D eigenvalue weighted by atomic mass is 32.1. The largest absolute Gasteiger partial charge is 0.482 e. The number of rotatable bonds is 6. The summed E-state index contributed by atoms with van der Waals surface area (Å²) in [7, 11) is 0. The Morgan fingerprint density at radius 2 is 2.24 bits per heavy atom. The number of hydrogen-bond acceptors (Lipinski definition) is 5. The zero-order valence-electron chi connectivity index (χ0n) is 11.3. The molecule has 0 radical (unpaired) electrons. The van der Waals surface area contributed by atoms with E-state index in [9.17, 15) is 4.79 Å². The fraction of sp³-hybridized carbons (Fsp3) is 0.231. The molecule has 21 heavy (non-hydrogen) atoms. The molecule has 0 amide bonds. The molecular formula is C13H14N4O3S. The van der Waals surface area contributed by atoms with Gasteiger partial charge in [0.05, 0.1) is 6.21 Å². The van der Waals surface area contributed by atoms with Gasteiger partial charge in [0.15, 0.2) is 12.4 Å². The molecule has 0 atom stereocenters. The number of carboxylic acids is 1. The highest BCUT2D eigenvalue weighted by Crippen LogP contribution is 2.11. The lowest BCUT2D eigenvalue weighted by molar-refractivity contribution is -0.139. The first-order chi connectivity index (χ1) is 10.1. The Bertz CT molecular complexity index is 703. The van der Waals surface area contributed by atoms with Crippen LogP contribution in [0.15, 0.2) is 29.4 Å². The molecule has 2 rings (SSSR count). The molecule has 1 aromatic carbocycles. The summed E-state index contributed by atoms with van der Waals surface area (Å²) in [6, 6.07) is 6.91. The van der Waals surface area contributed by atoms with Gasteiger partial charge in [0.2, 0.25) is 4.77 Å². The third kappa shape index (κ3) is 3.99. The number of hydrogen-bond donors (Lipinski definition) is 2. The molecule has 110 valence electrons. The van der Waals surface area contributed by atoms with Gasteiger partial charge in [-0.05, 0) is 42.0 Å². The van der Waals surface area contributed by atoms with Gasteiger partial charge < -0.3 is 9.84 Å². The van der Waals surface area contributed by atoms with E-state index in [1.807, 2.05) is 6.92 Å². The fourth-order valence-corrected chi connectivity index (χ4v) is 1.79. The quantitative estimate of drug-likeness (QED) is 0.627. The summed E-state index contributed by atoms with van der Waals surface area (Å²) in [4.78, 5) is 10.4. The third-order valence-corrected chi connectivity index (χ3v) is 2.86. The minimum atomic E-state index is -1.01. The molecular weight excluding hydrogens is 292 g/mol. The van der Waals surface area contributed by atoms with E-state index in [4.69, 9.17) is 22.1 Å². The van der Waals surface area contributed by atoms with Crippen molar-refractivity contribution in [2.24, 2.45) is 5.10 Å². The molecule has 7 nitrogen and oxygen atoms in total. The Morgan fingerprint density at radius 3 is 2.86 bits per heavy atom. The second-order valence-electron chi connectivity index (χ2n) is 4.11. The van der Waals surface area contributed by atoms with Gasteiger partial charge in [-0.3, -0.25) is 5.10 Å². The minimum Gasteiger partial charge on any atom is -0.482 e. The first-order valence-electron chi connectivity index (χ1n) is 6.25. The smallest absolute Gasteiger partial charge is 0.341 e. The van der Waals surface area contributed by atoms with Gasteiger partial charge in [-0.25, -0.2) is 4.79 Å². The van der Waals surface area contributed by atoms with Crippen LogP contribution in [0.25, 0.3) is 0 Å². The zero-order chi connectivity index (χ0) is 15.2. The van der Waals surface area contributed by atoms with E-state index in [1.165, 1.54) is 0 Å². The monoisotopic (exact) mass is 306 g/mol. The van der Waals surface area contributed by atoms with Gasteiger partial charge in [0.1, 0.15) is 5.75 Å². The summed E-state index contributed by atoms with van der Waals surface area (Å²) in [5, 5.41) is 19.5. The van der Waals surface area contributed by atoms with Crippen LogP contribution in [-0.2, 0) is 11.2 Å². The molecule has 0 aliphatic heterocycles. The summed E-state index contributed by atoms with van der Waals surface area (Å²) < 4.78 is 7.04. The maximum atomic E-state index is 10.4. The Kier molecular flexibility index (Phi) is 4.83. The molecule has 2 N–H and O–H groups in total. The van der Waals surface area contributed by atoms with Gasteiger partial charge in [-0.2, -0.15) is 14.9 Å². The summed E-state index contributed by atoms with van der Waals surface area (Å²) in [5.41, 5.74) is 0.836. The van der Waals surface area contributed by atoms with Crippen LogP contribution in [0.4, 0.5) is 0 Å². The van der Waals surface area contributed by atoms with Gasteiger partial charge in [0, 0.05) is 6.42 Å². The van der Waals surface area contributed by atoms with Crippen molar-refractivity contribution in [2.75, 3.05) is 6.61 Å². The van der Waals surface area contributed by atoms with E-state index in [1.54, 1.807) is 35.2 Å². The number of nitrogens with zero attached hydrogens (tertiary/aromatic N) is 3. The molecule has 1 heterocycles. The molecule has 2 aromatic rings. The summed E-state index contributed by atoms with van der Waals surface area (Å²) in [5.74, 6) is 0.225. The number of H-pyrrole nitrogens is 1. The molecule has 0 aliphatic carbocycles. The van der Waals surface area contributed by atoms with E-state index < -0.39 is 5.97 Å². The predicted octanol–water partition coefficient (Wildman–Crippen LogP) is 1.85. The number of aromatic nitrogens is 3. The van der Waals surface area contributed by atoms with E-state index in [2.05, 4.69) is 15.3 Å². The fourth-order valence-electron chi connectivity index (χ4n) is 1.59. The Hall–Kier alpha value is -2.48. The van der Waals surface area contributed by atoms with Crippen molar-refractivity contribution in [1.29, 1.82) is 0 Å². The van der Waals surface area contributed by atoms with Crippen molar-refractivity contribution < 1.29 is 14.6 Å². The molecule has 0 bridgehead atoms.